The van der Waals surface area contributed by atoms with Gasteiger partial charge in [-0.25, -0.2) is 9.59 Å². The highest BCUT2D eigenvalue weighted by Crippen LogP contribution is 2.43. The van der Waals surface area contributed by atoms with E-state index in [4.69, 9.17) is 4.74 Å². The van der Waals surface area contributed by atoms with Crippen molar-refractivity contribution >= 4 is 12.1 Å². The number of hydrogen-bond donors (Lipinski definition) is 1. The van der Waals surface area contributed by atoms with Crippen molar-refractivity contribution in [3.8, 4) is 6.07 Å². The average Bonchev–Trinajstić information content (AvgIpc) is 2.60. The molecule has 1 aliphatic heterocycles. The van der Waals surface area contributed by atoms with Crippen LogP contribution in [0.15, 0.2) is 24.3 Å². The van der Waals surface area contributed by atoms with Crippen LogP contribution >= 0.6 is 0 Å². The maximum Gasteiger partial charge on any atom is 0.407 e. The quantitative estimate of drug-likeness (QED) is 0.830. The number of amides is 1. The van der Waals surface area contributed by atoms with Crippen LogP contribution in [-0.2, 0) is 10.2 Å². The highest BCUT2D eigenvalue weighted by Gasteiger charge is 2.47. The molecule has 1 amide bonds. The summed E-state index contributed by atoms with van der Waals surface area (Å²) in [4.78, 5) is 24.9. The molecular formula is C20H26N2O4. The Hall–Kier alpha value is -2.55. The molecule has 1 aromatic carbocycles. The summed E-state index contributed by atoms with van der Waals surface area (Å²) in [6.45, 7) is 8.34. The first-order valence-electron chi connectivity index (χ1n) is 8.83. The smallest absolute Gasteiger partial charge is 0.407 e. The van der Waals surface area contributed by atoms with Gasteiger partial charge in [-0.05, 0) is 42.9 Å². The van der Waals surface area contributed by atoms with Crippen molar-refractivity contribution in [1.82, 2.24) is 4.90 Å². The molecule has 26 heavy (non-hydrogen) atoms. The van der Waals surface area contributed by atoms with Crippen LogP contribution in [0.2, 0.25) is 0 Å². The summed E-state index contributed by atoms with van der Waals surface area (Å²) in [5.74, 6) is -0.390. The number of carbonyl (C=O) groups excluding carboxylic acids is 1. The van der Waals surface area contributed by atoms with Crippen LogP contribution in [0.25, 0.3) is 0 Å². The molecule has 6 heteroatoms. The van der Waals surface area contributed by atoms with Gasteiger partial charge in [0.15, 0.2) is 0 Å². The van der Waals surface area contributed by atoms with Crippen LogP contribution in [0, 0.1) is 16.7 Å². The lowest BCUT2D eigenvalue weighted by atomic mass is 9.66. The van der Waals surface area contributed by atoms with E-state index in [1.54, 1.807) is 31.2 Å². The third-order valence-electron chi connectivity index (χ3n) is 5.11. The van der Waals surface area contributed by atoms with Crippen molar-refractivity contribution < 1.29 is 19.4 Å². The molecule has 0 aliphatic carbocycles. The predicted octanol–water partition coefficient (Wildman–Crippen LogP) is 3.81. The number of carboxylic acid groups (broad SMARTS) is 1. The Morgan fingerprint density at radius 3 is 2.42 bits per heavy atom. The molecule has 1 saturated heterocycles. The third kappa shape index (κ3) is 3.82. The Labute approximate surface area is 154 Å². The van der Waals surface area contributed by atoms with E-state index in [0.717, 1.165) is 5.56 Å². The molecule has 1 N–H and O–H groups in total. The summed E-state index contributed by atoms with van der Waals surface area (Å²) >= 11 is 0. The molecule has 0 saturated carbocycles. The molecule has 140 valence electrons. The Kier molecular flexibility index (Phi) is 5.60. The topological polar surface area (TPSA) is 90.6 Å². The zero-order valence-corrected chi connectivity index (χ0v) is 15.8. The number of esters is 1. The highest BCUT2D eigenvalue weighted by atomic mass is 16.5. The Bertz CT molecular complexity index is 715. The zero-order chi connectivity index (χ0) is 19.5. The maximum atomic E-state index is 11.8. The number of rotatable bonds is 3. The summed E-state index contributed by atoms with van der Waals surface area (Å²) in [6.07, 6.45) is -0.0896. The molecule has 1 aromatic rings. The van der Waals surface area contributed by atoms with Crippen LogP contribution in [0.1, 0.15) is 56.5 Å². The molecular weight excluding hydrogens is 332 g/mol. The summed E-state index contributed by atoms with van der Waals surface area (Å²) in [5, 5.41) is 19.5. The SMILES string of the molecule is CCOC(=O)c1ccc(C2(C#N)CCN(C(=O)O)C(C(C)(C)C)C2)cc1. The number of ether oxygens (including phenoxy) is 1. The van der Waals surface area contributed by atoms with Crippen molar-refractivity contribution in [3.05, 3.63) is 35.4 Å². The van der Waals surface area contributed by atoms with E-state index in [0.29, 0.717) is 31.6 Å². The van der Waals surface area contributed by atoms with Gasteiger partial charge in [0.25, 0.3) is 0 Å². The van der Waals surface area contributed by atoms with Crippen molar-refractivity contribution in [1.29, 1.82) is 5.26 Å². The van der Waals surface area contributed by atoms with Crippen LogP contribution in [0.4, 0.5) is 4.79 Å². The van der Waals surface area contributed by atoms with Gasteiger partial charge in [-0.2, -0.15) is 5.26 Å². The van der Waals surface area contributed by atoms with Gasteiger partial charge in [-0.3, -0.25) is 0 Å². The molecule has 1 heterocycles. The molecule has 6 nitrogen and oxygen atoms in total. The first-order chi connectivity index (χ1) is 12.1. The monoisotopic (exact) mass is 358 g/mol. The first-order valence-corrected chi connectivity index (χ1v) is 8.83. The number of nitriles is 1. The number of hydrogen-bond acceptors (Lipinski definition) is 4. The van der Waals surface area contributed by atoms with Crippen LogP contribution < -0.4 is 0 Å². The number of piperidine rings is 1. The molecule has 2 atom stereocenters. The summed E-state index contributed by atoms with van der Waals surface area (Å²) in [5.41, 5.74) is 0.203. The standard InChI is InChI=1S/C20H26N2O4/c1-5-26-17(23)14-6-8-15(9-7-14)20(13-21)10-11-22(18(24)25)16(12-20)19(2,3)4/h6-9,16H,5,10-12H2,1-4H3,(H,24,25). The number of benzene rings is 1. The van der Waals surface area contributed by atoms with Crippen LogP contribution in [0.3, 0.4) is 0 Å². The van der Waals surface area contributed by atoms with E-state index in [9.17, 15) is 20.0 Å². The lowest BCUT2D eigenvalue weighted by molar-refractivity contribution is 0.0412. The highest BCUT2D eigenvalue weighted by molar-refractivity contribution is 5.89. The van der Waals surface area contributed by atoms with Gasteiger partial charge in [0.1, 0.15) is 0 Å². The number of likely N-dealkylation sites (tertiary alicyclic amines) is 1. The predicted molar refractivity (Wildman–Crippen MR) is 96.9 cm³/mol. The van der Waals surface area contributed by atoms with Crippen molar-refractivity contribution in [2.24, 2.45) is 5.41 Å². The Morgan fingerprint density at radius 1 is 1.35 bits per heavy atom. The molecule has 2 unspecified atom stereocenters. The van der Waals surface area contributed by atoms with E-state index < -0.39 is 17.5 Å². The van der Waals surface area contributed by atoms with Gasteiger partial charge in [0, 0.05) is 12.6 Å². The normalized spacial score (nSPS) is 23.2. The molecule has 1 fully saturated rings. The maximum absolute atomic E-state index is 11.8. The minimum absolute atomic E-state index is 0.266. The summed E-state index contributed by atoms with van der Waals surface area (Å²) in [7, 11) is 0. The second kappa shape index (κ2) is 7.36. The summed E-state index contributed by atoms with van der Waals surface area (Å²) in [6, 6.07) is 9.07. The minimum Gasteiger partial charge on any atom is -0.465 e. The second-order valence-electron chi connectivity index (χ2n) is 7.80. The van der Waals surface area contributed by atoms with Gasteiger partial charge in [0.05, 0.1) is 23.7 Å². The fraction of sp³-hybridized carbons (Fsp3) is 0.550. The fourth-order valence-electron chi connectivity index (χ4n) is 3.58. The Balaban J connectivity index is 2.35. The summed E-state index contributed by atoms with van der Waals surface area (Å²) < 4.78 is 4.99. The van der Waals surface area contributed by atoms with Crippen LogP contribution in [-0.4, -0.2) is 41.3 Å². The molecule has 0 radical (unpaired) electrons. The van der Waals surface area contributed by atoms with E-state index in [1.165, 1.54) is 4.90 Å². The van der Waals surface area contributed by atoms with Crippen molar-refractivity contribution in [3.63, 3.8) is 0 Å². The van der Waals surface area contributed by atoms with Crippen LogP contribution in [0.5, 0.6) is 0 Å². The zero-order valence-electron chi connectivity index (χ0n) is 15.8. The van der Waals surface area contributed by atoms with Gasteiger partial charge in [-0.15, -0.1) is 0 Å². The first kappa shape index (κ1) is 19.8. The largest absolute Gasteiger partial charge is 0.465 e. The van der Waals surface area contributed by atoms with E-state index in [1.807, 2.05) is 20.8 Å². The fourth-order valence-corrected chi connectivity index (χ4v) is 3.58. The van der Waals surface area contributed by atoms with E-state index >= 15 is 0 Å². The van der Waals surface area contributed by atoms with E-state index in [-0.39, 0.29) is 11.5 Å². The number of carbonyl (C=O) groups is 2. The lowest BCUT2D eigenvalue weighted by Gasteiger charge is -2.47. The van der Waals surface area contributed by atoms with E-state index in [2.05, 4.69) is 6.07 Å². The lowest BCUT2D eigenvalue weighted by Crippen LogP contribution is -2.55. The van der Waals surface area contributed by atoms with Gasteiger partial charge in [0.2, 0.25) is 0 Å². The van der Waals surface area contributed by atoms with Gasteiger partial charge >= 0.3 is 12.1 Å². The third-order valence-corrected chi connectivity index (χ3v) is 5.11. The van der Waals surface area contributed by atoms with Crippen molar-refractivity contribution in [2.75, 3.05) is 13.2 Å². The molecule has 0 bridgehead atoms. The Morgan fingerprint density at radius 2 is 1.96 bits per heavy atom. The molecule has 1 aliphatic rings. The van der Waals surface area contributed by atoms with Crippen molar-refractivity contribution in [2.45, 2.75) is 52.0 Å². The van der Waals surface area contributed by atoms with Gasteiger partial charge in [-0.1, -0.05) is 32.9 Å². The number of nitrogens with zero attached hydrogens (tertiary/aromatic N) is 2. The molecule has 0 spiro atoms. The second-order valence-corrected chi connectivity index (χ2v) is 7.80. The van der Waals surface area contributed by atoms with Gasteiger partial charge < -0.3 is 14.7 Å². The molecule has 0 aromatic heterocycles. The minimum atomic E-state index is -0.950. The molecule has 2 rings (SSSR count). The average molecular weight is 358 g/mol.